The lowest BCUT2D eigenvalue weighted by Crippen LogP contribution is -2.31. The van der Waals surface area contributed by atoms with Gasteiger partial charge in [-0.15, -0.1) is 0 Å². The molecule has 8 heteroatoms. The van der Waals surface area contributed by atoms with Crippen LogP contribution in [-0.2, 0) is 16.6 Å². The van der Waals surface area contributed by atoms with Crippen molar-refractivity contribution < 1.29 is 22.7 Å². The van der Waals surface area contributed by atoms with E-state index >= 15 is 0 Å². The molecule has 130 valence electrons. The molecule has 1 aromatic heterocycles. The molecule has 0 aliphatic rings. The minimum atomic E-state index is -3.78. The monoisotopic (exact) mass is 352 g/mol. The molecule has 0 aliphatic carbocycles. The molecule has 0 spiro atoms. The average Bonchev–Trinajstić information content (AvgIpc) is 3.04. The molecule has 1 heterocycles. The zero-order valence-corrected chi connectivity index (χ0v) is 14.3. The molecule has 0 aliphatic heterocycles. The van der Waals surface area contributed by atoms with E-state index in [0.717, 1.165) is 0 Å². The van der Waals surface area contributed by atoms with Gasteiger partial charge in [-0.2, -0.15) is 0 Å². The van der Waals surface area contributed by atoms with Crippen LogP contribution >= 0.6 is 0 Å². The van der Waals surface area contributed by atoms with E-state index < -0.39 is 22.0 Å². The van der Waals surface area contributed by atoms with Crippen LogP contribution in [0.15, 0.2) is 45.9 Å². The van der Waals surface area contributed by atoms with Crippen LogP contribution in [0.5, 0.6) is 0 Å². The SMILES string of the molecule is Cc1ccc(S(=O)(=O)NCc2ccco2)cc1C(=O)NCC(C)O. The van der Waals surface area contributed by atoms with Crippen LogP contribution in [0.1, 0.15) is 28.6 Å². The topological polar surface area (TPSA) is 109 Å². The van der Waals surface area contributed by atoms with Gasteiger partial charge in [0.25, 0.3) is 5.91 Å². The van der Waals surface area contributed by atoms with Crippen molar-refractivity contribution >= 4 is 15.9 Å². The molecule has 0 saturated heterocycles. The minimum Gasteiger partial charge on any atom is -0.468 e. The summed E-state index contributed by atoms with van der Waals surface area (Å²) in [5, 5.41) is 11.8. The number of sulfonamides is 1. The molecule has 1 unspecified atom stereocenters. The Balaban J connectivity index is 2.18. The molecule has 7 nitrogen and oxygen atoms in total. The number of benzene rings is 1. The van der Waals surface area contributed by atoms with Gasteiger partial charge < -0.3 is 14.8 Å². The average molecular weight is 352 g/mol. The zero-order valence-electron chi connectivity index (χ0n) is 13.4. The van der Waals surface area contributed by atoms with E-state index in [2.05, 4.69) is 10.0 Å². The molecule has 0 bridgehead atoms. The lowest BCUT2D eigenvalue weighted by molar-refractivity contribution is 0.0923. The van der Waals surface area contributed by atoms with Crippen LogP contribution in [0.25, 0.3) is 0 Å². The molecule has 1 atom stereocenters. The summed E-state index contributed by atoms with van der Waals surface area (Å²) < 4.78 is 32.2. The summed E-state index contributed by atoms with van der Waals surface area (Å²) in [7, 11) is -3.78. The summed E-state index contributed by atoms with van der Waals surface area (Å²) in [5.41, 5.74) is 0.889. The largest absolute Gasteiger partial charge is 0.468 e. The molecule has 0 radical (unpaired) electrons. The number of hydrogen-bond acceptors (Lipinski definition) is 5. The van der Waals surface area contributed by atoms with Crippen molar-refractivity contribution in [2.75, 3.05) is 6.54 Å². The van der Waals surface area contributed by atoms with Crippen molar-refractivity contribution in [3.05, 3.63) is 53.5 Å². The lowest BCUT2D eigenvalue weighted by atomic mass is 10.1. The van der Waals surface area contributed by atoms with Crippen LogP contribution < -0.4 is 10.0 Å². The van der Waals surface area contributed by atoms with Gasteiger partial charge in [-0.05, 0) is 43.7 Å². The third kappa shape index (κ3) is 4.67. The van der Waals surface area contributed by atoms with Gasteiger partial charge in [-0.1, -0.05) is 6.07 Å². The second kappa shape index (κ2) is 7.61. The number of aryl methyl sites for hydroxylation is 1. The Morgan fingerprint density at radius 1 is 1.33 bits per heavy atom. The molecular formula is C16H20N2O5S. The first kappa shape index (κ1) is 18.2. The fraction of sp³-hybridized carbons (Fsp3) is 0.312. The lowest BCUT2D eigenvalue weighted by Gasteiger charge is -2.11. The van der Waals surface area contributed by atoms with E-state index in [1.54, 1.807) is 32.0 Å². The van der Waals surface area contributed by atoms with Crippen molar-refractivity contribution in [1.29, 1.82) is 0 Å². The Morgan fingerprint density at radius 2 is 2.08 bits per heavy atom. The predicted molar refractivity (Wildman–Crippen MR) is 87.9 cm³/mol. The maximum atomic E-state index is 12.4. The van der Waals surface area contributed by atoms with Gasteiger partial charge in [0.05, 0.1) is 23.8 Å². The zero-order chi connectivity index (χ0) is 17.7. The number of amides is 1. The maximum Gasteiger partial charge on any atom is 0.251 e. The summed E-state index contributed by atoms with van der Waals surface area (Å²) in [6.07, 6.45) is 0.774. The Hall–Kier alpha value is -2.16. The normalized spacial score (nSPS) is 12.8. The molecule has 2 aromatic rings. The Labute approximate surface area is 140 Å². The summed E-state index contributed by atoms with van der Waals surface area (Å²) >= 11 is 0. The molecule has 2 rings (SSSR count). The number of carbonyl (C=O) groups excluding carboxylic acids is 1. The number of aliphatic hydroxyl groups excluding tert-OH is 1. The van der Waals surface area contributed by atoms with Gasteiger partial charge in [0.1, 0.15) is 5.76 Å². The molecule has 1 amide bonds. The summed E-state index contributed by atoms with van der Waals surface area (Å²) in [6, 6.07) is 7.65. The minimum absolute atomic E-state index is 0.0122. The molecule has 0 saturated carbocycles. The predicted octanol–water partition coefficient (Wildman–Crippen LogP) is 1.18. The second-order valence-electron chi connectivity index (χ2n) is 5.44. The summed E-state index contributed by atoms with van der Waals surface area (Å²) in [4.78, 5) is 12.1. The van der Waals surface area contributed by atoms with Gasteiger partial charge >= 0.3 is 0 Å². The van der Waals surface area contributed by atoms with E-state index in [0.29, 0.717) is 11.3 Å². The highest BCUT2D eigenvalue weighted by Gasteiger charge is 2.18. The number of carbonyl (C=O) groups is 1. The van der Waals surface area contributed by atoms with Gasteiger partial charge in [-0.25, -0.2) is 13.1 Å². The maximum absolute atomic E-state index is 12.4. The number of furan rings is 1. The first-order valence-corrected chi connectivity index (χ1v) is 8.87. The number of nitrogens with one attached hydrogen (secondary N) is 2. The van der Waals surface area contributed by atoms with Gasteiger partial charge in [0, 0.05) is 12.1 Å². The standard InChI is InChI=1S/C16H20N2O5S/c1-11-5-6-14(8-15(11)16(20)17-9-12(2)19)24(21,22)18-10-13-4-3-7-23-13/h3-8,12,18-19H,9-10H2,1-2H3,(H,17,20). The highest BCUT2D eigenvalue weighted by Crippen LogP contribution is 2.16. The first-order chi connectivity index (χ1) is 11.3. The van der Waals surface area contributed by atoms with Crippen molar-refractivity contribution in [1.82, 2.24) is 10.0 Å². The quantitative estimate of drug-likeness (QED) is 0.693. The molecule has 24 heavy (non-hydrogen) atoms. The van der Waals surface area contributed by atoms with Crippen LogP contribution in [0, 0.1) is 6.92 Å². The van der Waals surface area contributed by atoms with Crippen LogP contribution in [-0.4, -0.2) is 32.1 Å². The van der Waals surface area contributed by atoms with Crippen molar-refractivity contribution in [3.63, 3.8) is 0 Å². The van der Waals surface area contributed by atoms with Gasteiger partial charge in [0.15, 0.2) is 0 Å². The number of aliphatic hydroxyl groups is 1. The summed E-state index contributed by atoms with van der Waals surface area (Å²) in [5.74, 6) is 0.0528. The van der Waals surface area contributed by atoms with Crippen LogP contribution in [0.4, 0.5) is 0 Å². The Morgan fingerprint density at radius 3 is 2.71 bits per heavy atom. The van der Waals surface area contributed by atoms with Crippen LogP contribution in [0.3, 0.4) is 0 Å². The number of hydrogen-bond donors (Lipinski definition) is 3. The molecule has 3 N–H and O–H groups in total. The van der Waals surface area contributed by atoms with E-state index in [1.807, 2.05) is 0 Å². The van der Waals surface area contributed by atoms with Crippen molar-refractivity contribution in [3.8, 4) is 0 Å². The first-order valence-electron chi connectivity index (χ1n) is 7.38. The van der Waals surface area contributed by atoms with Crippen molar-refractivity contribution in [2.24, 2.45) is 0 Å². The molecular weight excluding hydrogens is 332 g/mol. The van der Waals surface area contributed by atoms with E-state index in [9.17, 15) is 18.3 Å². The smallest absolute Gasteiger partial charge is 0.251 e. The van der Waals surface area contributed by atoms with Crippen LogP contribution in [0.2, 0.25) is 0 Å². The second-order valence-corrected chi connectivity index (χ2v) is 7.21. The third-order valence-corrected chi connectivity index (χ3v) is 4.74. The fourth-order valence-electron chi connectivity index (χ4n) is 2.01. The number of rotatable bonds is 7. The van der Waals surface area contributed by atoms with E-state index in [-0.39, 0.29) is 23.5 Å². The highest BCUT2D eigenvalue weighted by molar-refractivity contribution is 7.89. The highest BCUT2D eigenvalue weighted by atomic mass is 32.2. The fourth-order valence-corrected chi connectivity index (χ4v) is 3.03. The Kier molecular flexibility index (Phi) is 5.76. The summed E-state index contributed by atoms with van der Waals surface area (Å²) in [6.45, 7) is 3.37. The van der Waals surface area contributed by atoms with E-state index in [1.165, 1.54) is 18.4 Å². The molecule has 1 aromatic carbocycles. The van der Waals surface area contributed by atoms with Gasteiger partial charge in [-0.3, -0.25) is 4.79 Å². The molecule has 0 fully saturated rings. The van der Waals surface area contributed by atoms with E-state index in [4.69, 9.17) is 4.42 Å². The Bertz CT molecular complexity index is 798. The third-order valence-electron chi connectivity index (χ3n) is 3.34. The van der Waals surface area contributed by atoms with Crippen molar-refractivity contribution in [2.45, 2.75) is 31.4 Å². The van der Waals surface area contributed by atoms with Gasteiger partial charge in [0.2, 0.25) is 10.0 Å².